The maximum absolute atomic E-state index is 6.31. The van der Waals surface area contributed by atoms with E-state index in [-0.39, 0.29) is 11.3 Å². The first kappa shape index (κ1) is 16.1. The summed E-state index contributed by atoms with van der Waals surface area (Å²) >= 11 is 14.1. The van der Waals surface area contributed by atoms with Crippen LogP contribution in [-0.2, 0) is 11.8 Å². The molecule has 0 N–H and O–H groups in total. The second-order valence-corrected chi connectivity index (χ2v) is 7.35. The number of hydrogen-bond donors (Lipinski definition) is 0. The first-order valence-electron chi connectivity index (χ1n) is 7.53. The maximum Gasteiger partial charge on any atom is 0.224 e. The van der Waals surface area contributed by atoms with Gasteiger partial charge in [-0.2, -0.15) is 10.1 Å². The summed E-state index contributed by atoms with van der Waals surface area (Å²) in [6.45, 7) is 4.25. The van der Waals surface area contributed by atoms with Crippen molar-refractivity contribution in [3.63, 3.8) is 0 Å². The molecule has 1 aliphatic heterocycles. The largest absolute Gasteiger partial charge is 0.377 e. The average Bonchev–Trinajstić information content (AvgIpc) is 3.10. The maximum atomic E-state index is 6.31. The average molecular weight is 384 g/mol. The molecule has 0 aromatic carbocycles. The number of hydrogen-bond acceptors (Lipinski definition) is 6. The minimum Gasteiger partial charge on any atom is -0.377 e. The Bertz CT molecular complexity index is 889. The van der Waals surface area contributed by atoms with Gasteiger partial charge in [0, 0.05) is 24.5 Å². The molecule has 1 saturated heterocycles. The van der Waals surface area contributed by atoms with E-state index >= 15 is 0 Å². The molecule has 9 heteroatoms. The molecule has 0 amide bonds. The summed E-state index contributed by atoms with van der Waals surface area (Å²) in [7, 11) is 1.86. The molecule has 1 aliphatic rings. The first-order valence-corrected chi connectivity index (χ1v) is 9.17. The van der Waals surface area contributed by atoms with Crippen molar-refractivity contribution < 1.29 is 4.74 Å². The van der Waals surface area contributed by atoms with Gasteiger partial charge in [-0.15, -0.1) is 11.3 Å². The number of morpholine rings is 1. The van der Waals surface area contributed by atoms with E-state index in [0.29, 0.717) is 18.2 Å². The molecule has 1 unspecified atom stereocenters. The molecule has 24 heavy (non-hydrogen) atoms. The summed E-state index contributed by atoms with van der Waals surface area (Å²) < 4.78 is 8.27. The van der Waals surface area contributed by atoms with Gasteiger partial charge in [0.1, 0.15) is 0 Å². The zero-order valence-corrected chi connectivity index (χ0v) is 15.5. The summed E-state index contributed by atoms with van der Waals surface area (Å²) in [5, 5.41) is 7.07. The van der Waals surface area contributed by atoms with Gasteiger partial charge in [0.2, 0.25) is 5.28 Å². The van der Waals surface area contributed by atoms with Gasteiger partial charge in [0.05, 0.1) is 46.4 Å². The van der Waals surface area contributed by atoms with Crippen molar-refractivity contribution in [1.29, 1.82) is 0 Å². The highest BCUT2D eigenvalue weighted by atomic mass is 35.5. The van der Waals surface area contributed by atoms with Crippen LogP contribution in [0.3, 0.4) is 0 Å². The highest BCUT2D eigenvalue weighted by Crippen LogP contribution is 2.40. The van der Waals surface area contributed by atoms with Crippen LogP contribution in [-0.4, -0.2) is 45.5 Å². The Morgan fingerprint density at radius 2 is 2.17 bits per heavy atom. The zero-order chi connectivity index (χ0) is 16.8. The molecule has 6 nitrogen and oxygen atoms in total. The van der Waals surface area contributed by atoms with Crippen molar-refractivity contribution in [1.82, 2.24) is 19.7 Å². The van der Waals surface area contributed by atoms with E-state index in [4.69, 9.17) is 27.9 Å². The number of aryl methyl sites for hydroxylation is 1. The smallest absolute Gasteiger partial charge is 0.224 e. The van der Waals surface area contributed by atoms with Crippen molar-refractivity contribution in [2.45, 2.75) is 13.0 Å². The number of nitrogens with zero attached hydrogens (tertiary/aromatic N) is 5. The summed E-state index contributed by atoms with van der Waals surface area (Å²) in [6, 6.07) is 0.235. The SMILES string of the molecule is CC1COCCN1c1nc(Cl)nc2c(-c3c(Cl)cnn3C)csc12. The predicted octanol–water partition coefficient (Wildman–Crippen LogP) is 3.62. The van der Waals surface area contributed by atoms with Gasteiger partial charge in [-0.3, -0.25) is 4.68 Å². The van der Waals surface area contributed by atoms with Gasteiger partial charge in [-0.1, -0.05) is 11.6 Å². The lowest BCUT2D eigenvalue weighted by Crippen LogP contribution is -2.44. The third-order valence-electron chi connectivity index (χ3n) is 4.16. The van der Waals surface area contributed by atoms with Gasteiger partial charge < -0.3 is 9.64 Å². The van der Waals surface area contributed by atoms with Crippen LogP contribution in [0, 0.1) is 0 Å². The molecule has 1 atom stereocenters. The number of thiophene rings is 1. The quantitative estimate of drug-likeness (QED) is 0.632. The van der Waals surface area contributed by atoms with Crippen LogP contribution in [0.15, 0.2) is 11.6 Å². The number of aromatic nitrogens is 4. The lowest BCUT2D eigenvalue weighted by molar-refractivity contribution is 0.0987. The molecule has 0 saturated carbocycles. The minimum atomic E-state index is 0.231. The summed E-state index contributed by atoms with van der Waals surface area (Å²) in [6.07, 6.45) is 1.63. The lowest BCUT2D eigenvalue weighted by atomic mass is 10.2. The fourth-order valence-corrected chi connectivity index (χ4v) is 4.42. The predicted molar refractivity (Wildman–Crippen MR) is 97.3 cm³/mol. The van der Waals surface area contributed by atoms with Crippen molar-refractivity contribution in [2.24, 2.45) is 7.05 Å². The molecule has 1 fully saturated rings. The Hall–Kier alpha value is -1.41. The second kappa shape index (κ2) is 6.15. The normalized spacial score (nSPS) is 18.5. The van der Waals surface area contributed by atoms with E-state index < -0.39 is 0 Å². The Balaban J connectivity index is 1.92. The molecule has 0 radical (unpaired) electrons. The third-order valence-corrected chi connectivity index (χ3v) is 5.57. The molecular weight excluding hydrogens is 369 g/mol. The second-order valence-electron chi connectivity index (χ2n) is 5.73. The summed E-state index contributed by atoms with van der Waals surface area (Å²) in [5.41, 5.74) is 2.56. The van der Waals surface area contributed by atoms with E-state index in [1.165, 1.54) is 0 Å². The fourth-order valence-electron chi connectivity index (χ4n) is 2.99. The third kappa shape index (κ3) is 2.56. The van der Waals surface area contributed by atoms with Crippen LogP contribution >= 0.6 is 34.5 Å². The van der Waals surface area contributed by atoms with Crippen LogP contribution in [0.1, 0.15) is 6.92 Å². The number of rotatable bonds is 2. The van der Waals surface area contributed by atoms with E-state index in [2.05, 4.69) is 26.9 Å². The highest BCUT2D eigenvalue weighted by molar-refractivity contribution is 7.18. The van der Waals surface area contributed by atoms with Gasteiger partial charge >= 0.3 is 0 Å². The van der Waals surface area contributed by atoms with E-state index in [0.717, 1.165) is 33.8 Å². The molecule has 4 heterocycles. The fraction of sp³-hybridized carbons (Fsp3) is 0.400. The van der Waals surface area contributed by atoms with Crippen LogP contribution in [0.2, 0.25) is 10.3 Å². The van der Waals surface area contributed by atoms with Gasteiger partial charge in [0.25, 0.3) is 0 Å². The summed E-state index contributed by atoms with van der Waals surface area (Å²) in [5.74, 6) is 0.857. The highest BCUT2D eigenvalue weighted by Gasteiger charge is 2.25. The molecule has 4 rings (SSSR count). The zero-order valence-electron chi connectivity index (χ0n) is 13.2. The Morgan fingerprint density at radius 3 is 2.88 bits per heavy atom. The van der Waals surface area contributed by atoms with Gasteiger partial charge in [0.15, 0.2) is 5.82 Å². The topological polar surface area (TPSA) is 56.1 Å². The molecule has 126 valence electrons. The van der Waals surface area contributed by atoms with Crippen LogP contribution in [0.5, 0.6) is 0 Å². The standard InChI is InChI=1S/C15H15Cl2N5OS/c1-8-6-23-4-3-22(8)14-13-11(19-15(17)20-14)9(7-24-13)12-10(16)5-18-21(12)2/h5,7-8H,3-4,6H2,1-2H3. The van der Waals surface area contributed by atoms with Gasteiger partial charge in [-0.25, -0.2) is 4.98 Å². The summed E-state index contributed by atoms with van der Waals surface area (Å²) in [4.78, 5) is 11.2. The number of anilines is 1. The van der Waals surface area contributed by atoms with Crippen molar-refractivity contribution in [3.8, 4) is 11.3 Å². The van der Waals surface area contributed by atoms with Crippen molar-refractivity contribution in [2.75, 3.05) is 24.7 Å². The van der Waals surface area contributed by atoms with Crippen LogP contribution in [0.25, 0.3) is 21.5 Å². The lowest BCUT2D eigenvalue weighted by Gasteiger charge is -2.34. The first-order chi connectivity index (χ1) is 11.6. The van der Waals surface area contributed by atoms with E-state index in [1.54, 1.807) is 22.2 Å². The molecule has 3 aromatic heterocycles. The number of halogens is 2. The van der Waals surface area contributed by atoms with Crippen molar-refractivity contribution in [3.05, 3.63) is 21.9 Å². The Kier molecular flexibility index (Phi) is 4.12. The van der Waals surface area contributed by atoms with Crippen LogP contribution in [0.4, 0.5) is 5.82 Å². The molecule has 3 aromatic rings. The van der Waals surface area contributed by atoms with Crippen LogP contribution < -0.4 is 4.90 Å². The monoisotopic (exact) mass is 383 g/mol. The molecular formula is C15H15Cl2N5OS. The molecule has 0 spiro atoms. The molecule has 0 bridgehead atoms. The van der Waals surface area contributed by atoms with E-state index in [1.807, 2.05) is 12.4 Å². The molecule has 0 aliphatic carbocycles. The number of ether oxygens (including phenoxy) is 1. The van der Waals surface area contributed by atoms with Gasteiger partial charge in [-0.05, 0) is 18.5 Å². The van der Waals surface area contributed by atoms with Crippen molar-refractivity contribution >= 4 is 50.6 Å². The Labute approximate surface area is 153 Å². The number of fused-ring (bicyclic) bond motifs is 1. The Morgan fingerprint density at radius 1 is 1.33 bits per heavy atom. The van der Waals surface area contributed by atoms with E-state index in [9.17, 15) is 0 Å². The minimum absolute atomic E-state index is 0.231.